The van der Waals surface area contributed by atoms with Gasteiger partial charge in [0.05, 0.1) is 33.0 Å². The van der Waals surface area contributed by atoms with Crippen LogP contribution in [-0.4, -0.2) is 52.7 Å². The fraction of sp³-hybridized carbons (Fsp3) is 0.571. The van der Waals surface area contributed by atoms with E-state index >= 15 is 0 Å². The van der Waals surface area contributed by atoms with Crippen molar-refractivity contribution in [2.75, 3.05) is 46.6 Å². The third-order valence-electron chi connectivity index (χ3n) is 2.86. The van der Waals surface area contributed by atoms with E-state index in [1.54, 1.807) is 7.11 Å². The van der Waals surface area contributed by atoms with Gasteiger partial charge in [0, 0.05) is 13.1 Å². The van der Waals surface area contributed by atoms with Gasteiger partial charge >= 0.3 is 0 Å². The number of ether oxygens (including phenoxy) is 4. The first-order chi connectivity index (χ1) is 9.40. The maximum Gasteiger partial charge on any atom is 0.161 e. The van der Waals surface area contributed by atoms with Gasteiger partial charge in [0.15, 0.2) is 11.5 Å². The number of benzene rings is 1. The van der Waals surface area contributed by atoms with Crippen LogP contribution in [0.1, 0.15) is 0 Å². The lowest BCUT2D eigenvalue weighted by Gasteiger charge is -2.23. The molecule has 0 amide bonds. The van der Waals surface area contributed by atoms with Gasteiger partial charge in [-0.3, -0.25) is 0 Å². The molecule has 0 aromatic heterocycles. The van der Waals surface area contributed by atoms with E-state index in [4.69, 9.17) is 18.9 Å². The molecule has 1 aliphatic heterocycles. The molecule has 0 radical (unpaired) electrons. The maximum absolute atomic E-state index is 5.61. The molecule has 2 rings (SSSR count). The lowest BCUT2D eigenvalue weighted by atomic mass is 10.3. The Morgan fingerprint density at radius 3 is 2.84 bits per heavy atom. The number of para-hydroxylation sites is 2. The lowest BCUT2D eigenvalue weighted by Crippen LogP contribution is -2.41. The molecule has 5 nitrogen and oxygen atoms in total. The molecule has 1 fully saturated rings. The molecule has 0 spiro atoms. The molecule has 106 valence electrons. The Morgan fingerprint density at radius 2 is 2.11 bits per heavy atom. The Morgan fingerprint density at radius 1 is 1.26 bits per heavy atom. The summed E-state index contributed by atoms with van der Waals surface area (Å²) in [6.07, 6.45) is 0.153. The van der Waals surface area contributed by atoms with Gasteiger partial charge in [0.25, 0.3) is 0 Å². The van der Waals surface area contributed by atoms with Crippen LogP contribution in [0.5, 0.6) is 11.5 Å². The molecular weight excluding hydrogens is 246 g/mol. The fourth-order valence-corrected chi connectivity index (χ4v) is 1.89. The topological polar surface area (TPSA) is 49.0 Å². The van der Waals surface area contributed by atoms with E-state index in [0.29, 0.717) is 19.8 Å². The monoisotopic (exact) mass is 267 g/mol. The molecule has 0 aliphatic carbocycles. The summed E-state index contributed by atoms with van der Waals surface area (Å²) in [5.74, 6) is 1.48. The van der Waals surface area contributed by atoms with Gasteiger partial charge in [-0.1, -0.05) is 12.1 Å². The summed E-state index contributed by atoms with van der Waals surface area (Å²) in [7, 11) is 1.63. The molecular formula is C14H21NO4. The largest absolute Gasteiger partial charge is 0.493 e. The highest BCUT2D eigenvalue weighted by atomic mass is 16.6. The second kappa shape index (κ2) is 7.99. The van der Waals surface area contributed by atoms with Crippen LogP contribution in [-0.2, 0) is 9.47 Å². The van der Waals surface area contributed by atoms with E-state index in [1.807, 2.05) is 24.3 Å². The fourth-order valence-electron chi connectivity index (χ4n) is 1.89. The van der Waals surface area contributed by atoms with Crippen LogP contribution in [0.4, 0.5) is 0 Å². The number of rotatable bonds is 7. The predicted octanol–water partition coefficient (Wildman–Crippen LogP) is 1.08. The summed E-state index contributed by atoms with van der Waals surface area (Å²) in [4.78, 5) is 0. The Balaban J connectivity index is 1.61. The molecule has 1 unspecified atom stereocenters. The summed E-state index contributed by atoms with van der Waals surface area (Å²) in [6.45, 7) is 4.17. The smallest absolute Gasteiger partial charge is 0.161 e. The third kappa shape index (κ3) is 4.70. The van der Waals surface area contributed by atoms with Crippen molar-refractivity contribution in [3.05, 3.63) is 24.3 Å². The van der Waals surface area contributed by atoms with Gasteiger partial charge in [-0.15, -0.1) is 0 Å². The average Bonchev–Trinajstić information content (AvgIpc) is 2.48. The summed E-state index contributed by atoms with van der Waals surface area (Å²) in [5, 5.41) is 3.26. The van der Waals surface area contributed by atoms with Gasteiger partial charge in [0.1, 0.15) is 6.61 Å². The maximum atomic E-state index is 5.61. The van der Waals surface area contributed by atoms with Crippen molar-refractivity contribution in [2.45, 2.75) is 6.10 Å². The molecule has 19 heavy (non-hydrogen) atoms. The van der Waals surface area contributed by atoms with Crippen molar-refractivity contribution in [3.63, 3.8) is 0 Å². The molecule has 1 saturated heterocycles. The zero-order valence-electron chi connectivity index (χ0n) is 11.3. The zero-order chi connectivity index (χ0) is 13.3. The lowest BCUT2D eigenvalue weighted by molar-refractivity contribution is -0.0357. The average molecular weight is 267 g/mol. The van der Waals surface area contributed by atoms with Gasteiger partial charge in [-0.25, -0.2) is 0 Å². The standard InChI is InChI=1S/C14H21NO4/c1-16-13-4-2-3-5-14(13)19-9-8-17-11-12-10-15-6-7-18-12/h2-5,12,15H,6-11H2,1H3. The van der Waals surface area contributed by atoms with E-state index in [-0.39, 0.29) is 6.10 Å². The summed E-state index contributed by atoms with van der Waals surface area (Å²) < 4.78 is 21.9. The molecule has 5 heteroatoms. The molecule has 1 atom stereocenters. The number of hydrogen-bond acceptors (Lipinski definition) is 5. The van der Waals surface area contributed by atoms with Crippen LogP contribution in [0.15, 0.2) is 24.3 Å². The number of morpholine rings is 1. The Labute approximate surface area is 113 Å². The van der Waals surface area contributed by atoms with Gasteiger partial charge in [0.2, 0.25) is 0 Å². The second-order valence-corrected chi connectivity index (χ2v) is 4.27. The number of nitrogens with one attached hydrogen (secondary N) is 1. The SMILES string of the molecule is COc1ccccc1OCCOCC1CNCCO1. The van der Waals surface area contributed by atoms with E-state index in [1.165, 1.54) is 0 Å². The van der Waals surface area contributed by atoms with Gasteiger partial charge in [-0.2, -0.15) is 0 Å². The van der Waals surface area contributed by atoms with E-state index in [2.05, 4.69) is 5.32 Å². The highest BCUT2D eigenvalue weighted by molar-refractivity contribution is 5.39. The highest BCUT2D eigenvalue weighted by Crippen LogP contribution is 2.25. The van der Waals surface area contributed by atoms with Crippen LogP contribution < -0.4 is 14.8 Å². The normalized spacial score (nSPS) is 19.1. The van der Waals surface area contributed by atoms with E-state index in [9.17, 15) is 0 Å². The minimum atomic E-state index is 0.153. The molecule has 1 aliphatic rings. The van der Waals surface area contributed by atoms with Crippen molar-refractivity contribution in [2.24, 2.45) is 0 Å². The number of hydrogen-bond donors (Lipinski definition) is 1. The van der Waals surface area contributed by atoms with E-state index in [0.717, 1.165) is 31.2 Å². The summed E-state index contributed by atoms with van der Waals surface area (Å²) in [5.41, 5.74) is 0. The summed E-state index contributed by atoms with van der Waals surface area (Å²) >= 11 is 0. The molecule has 0 saturated carbocycles. The Bertz CT molecular complexity index is 366. The Hall–Kier alpha value is -1.30. The molecule has 1 aromatic rings. The molecule has 0 bridgehead atoms. The quantitative estimate of drug-likeness (QED) is 0.749. The van der Waals surface area contributed by atoms with Crippen molar-refractivity contribution >= 4 is 0 Å². The molecule has 1 N–H and O–H groups in total. The first-order valence-electron chi connectivity index (χ1n) is 6.56. The summed E-state index contributed by atoms with van der Waals surface area (Å²) in [6, 6.07) is 7.58. The highest BCUT2D eigenvalue weighted by Gasteiger charge is 2.12. The van der Waals surface area contributed by atoms with Crippen LogP contribution in [0.25, 0.3) is 0 Å². The van der Waals surface area contributed by atoms with Crippen LogP contribution in [0.2, 0.25) is 0 Å². The number of methoxy groups -OCH3 is 1. The van der Waals surface area contributed by atoms with Crippen molar-refractivity contribution in [3.8, 4) is 11.5 Å². The minimum absolute atomic E-state index is 0.153. The van der Waals surface area contributed by atoms with Crippen LogP contribution >= 0.6 is 0 Å². The first kappa shape index (κ1) is 14.1. The third-order valence-corrected chi connectivity index (χ3v) is 2.86. The Kier molecular flexibility index (Phi) is 5.94. The van der Waals surface area contributed by atoms with E-state index < -0.39 is 0 Å². The minimum Gasteiger partial charge on any atom is -0.493 e. The van der Waals surface area contributed by atoms with Gasteiger partial charge in [-0.05, 0) is 12.1 Å². The van der Waals surface area contributed by atoms with Crippen molar-refractivity contribution in [1.82, 2.24) is 5.32 Å². The van der Waals surface area contributed by atoms with Gasteiger partial charge < -0.3 is 24.3 Å². The predicted molar refractivity (Wildman–Crippen MR) is 71.9 cm³/mol. The first-order valence-corrected chi connectivity index (χ1v) is 6.56. The van der Waals surface area contributed by atoms with Crippen molar-refractivity contribution in [1.29, 1.82) is 0 Å². The van der Waals surface area contributed by atoms with Crippen molar-refractivity contribution < 1.29 is 18.9 Å². The van der Waals surface area contributed by atoms with Crippen LogP contribution in [0, 0.1) is 0 Å². The van der Waals surface area contributed by atoms with Crippen LogP contribution in [0.3, 0.4) is 0 Å². The zero-order valence-corrected chi connectivity index (χ0v) is 11.3. The molecule has 1 aromatic carbocycles. The second-order valence-electron chi connectivity index (χ2n) is 4.27. The molecule has 1 heterocycles.